The van der Waals surface area contributed by atoms with Crippen LogP contribution in [-0.2, 0) is 4.79 Å². The van der Waals surface area contributed by atoms with Crippen LogP contribution in [0, 0.1) is 0 Å². The highest BCUT2D eigenvalue weighted by Crippen LogP contribution is 2.40. The normalized spacial score (nSPS) is 16.2. The Morgan fingerprint density at radius 3 is 2.68 bits per heavy atom. The van der Waals surface area contributed by atoms with Crippen LogP contribution in [-0.4, -0.2) is 60.4 Å². The number of carbonyl (C=O) groups is 2. The highest BCUT2D eigenvalue weighted by atomic mass is 16.5. The maximum Gasteiger partial charge on any atom is 0.290 e. The van der Waals surface area contributed by atoms with Gasteiger partial charge in [-0.3, -0.25) is 9.59 Å². The van der Waals surface area contributed by atoms with Crippen LogP contribution in [0.4, 0.5) is 0 Å². The van der Waals surface area contributed by atoms with Crippen LogP contribution < -0.4 is 4.74 Å². The topological polar surface area (TPSA) is 83.2 Å². The number of hydrogen-bond donors (Lipinski definition) is 1. The molecule has 0 aliphatic carbocycles. The number of nitrogens with zero attached hydrogens (tertiary/aromatic N) is 2. The van der Waals surface area contributed by atoms with Crippen LogP contribution in [0.15, 0.2) is 70.3 Å². The van der Waals surface area contributed by atoms with E-state index in [9.17, 15) is 14.7 Å². The molecule has 1 N–H and O–H groups in total. The number of benzene rings is 2. The molecule has 34 heavy (non-hydrogen) atoms. The maximum atomic E-state index is 13.6. The summed E-state index contributed by atoms with van der Waals surface area (Å²) in [4.78, 5) is 30.3. The quantitative estimate of drug-likeness (QED) is 0.438. The number of ketones is 1. The lowest BCUT2D eigenvalue weighted by molar-refractivity contribution is -0.129. The van der Waals surface area contributed by atoms with Gasteiger partial charge in [0, 0.05) is 11.9 Å². The van der Waals surface area contributed by atoms with Crippen molar-refractivity contribution in [1.82, 2.24) is 9.80 Å². The molecule has 0 bridgehead atoms. The average Bonchev–Trinajstić information content (AvgIpc) is 3.37. The number of aliphatic hydroxyl groups excluding tert-OH is 1. The van der Waals surface area contributed by atoms with E-state index in [-0.39, 0.29) is 11.3 Å². The summed E-state index contributed by atoms with van der Waals surface area (Å²) >= 11 is 0. The predicted molar refractivity (Wildman–Crippen MR) is 130 cm³/mol. The van der Waals surface area contributed by atoms with Crippen molar-refractivity contribution in [3.63, 3.8) is 0 Å². The summed E-state index contributed by atoms with van der Waals surface area (Å²) in [5.74, 6) is -0.832. The first-order valence-electron chi connectivity index (χ1n) is 11.6. The van der Waals surface area contributed by atoms with Crippen LogP contribution in [0.3, 0.4) is 0 Å². The molecule has 0 fully saturated rings. The number of amides is 1. The first kappa shape index (κ1) is 23.6. The number of rotatable bonds is 10. The van der Waals surface area contributed by atoms with Gasteiger partial charge in [-0.2, -0.15) is 0 Å². The fraction of sp³-hybridized carbons (Fsp3) is 0.333. The summed E-state index contributed by atoms with van der Waals surface area (Å²) in [6, 6.07) is 15.6. The Hall–Kier alpha value is -3.58. The van der Waals surface area contributed by atoms with Crippen molar-refractivity contribution in [3.05, 3.63) is 77.3 Å². The molecule has 7 heteroatoms. The van der Waals surface area contributed by atoms with Crippen molar-refractivity contribution in [2.24, 2.45) is 0 Å². The molecule has 1 unspecified atom stereocenters. The highest BCUT2D eigenvalue weighted by molar-refractivity contribution is 6.16. The minimum atomic E-state index is -0.736. The fourth-order valence-corrected chi connectivity index (χ4v) is 4.24. The standard InChI is InChI=1S/C27H30N2O5/c1-4-15-33-20-11-7-10-19(16-20)24-23(26(31)27(32)29(24)14-8-13-28(2)3)25(30)22-17-18-9-5-6-12-21(18)34-22/h5-7,9-12,16-17,24,31H,4,8,13-15H2,1-3H3. The summed E-state index contributed by atoms with van der Waals surface area (Å²) in [6.07, 6.45) is 1.56. The zero-order chi connectivity index (χ0) is 24.2. The SMILES string of the molecule is CCCOc1cccc(C2C(C(=O)c3cc4ccccc4o3)=C(O)C(=O)N2CCCN(C)C)c1. The van der Waals surface area contributed by atoms with E-state index < -0.39 is 23.5 Å². The van der Waals surface area contributed by atoms with Gasteiger partial charge in [0.25, 0.3) is 5.91 Å². The van der Waals surface area contributed by atoms with Gasteiger partial charge in [-0.1, -0.05) is 37.3 Å². The Morgan fingerprint density at radius 2 is 1.94 bits per heavy atom. The molecule has 0 spiro atoms. The molecule has 7 nitrogen and oxygen atoms in total. The second kappa shape index (κ2) is 10.1. The van der Waals surface area contributed by atoms with Crippen LogP contribution in [0.1, 0.15) is 41.9 Å². The third-order valence-corrected chi connectivity index (χ3v) is 5.85. The number of Topliss-reactive ketones (excluding diaryl/α,β-unsaturated/α-hetero) is 1. The minimum Gasteiger partial charge on any atom is -0.503 e. The van der Waals surface area contributed by atoms with E-state index in [4.69, 9.17) is 9.15 Å². The summed E-state index contributed by atoms with van der Waals surface area (Å²) < 4.78 is 11.6. The highest BCUT2D eigenvalue weighted by Gasteiger charge is 2.44. The molecule has 0 saturated carbocycles. The number of furan rings is 1. The van der Waals surface area contributed by atoms with Crippen LogP contribution in [0.25, 0.3) is 11.0 Å². The molecule has 1 aliphatic heterocycles. The van der Waals surface area contributed by atoms with Crippen molar-refractivity contribution in [2.75, 3.05) is 33.8 Å². The van der Waals surface area contributed by atoms with Crippen LogP contribution in [0.2, 0.25) is 0 Å². The van der Waals surface area contributed by atoms with Crippen LogP contribution >= 0.6 is 0 Å². The van der Waals surface area contributed by atoms with E-state index in [2.05, 4.69) is 0 Å². The molecule has 1 aliphatic rings. The minimum absolute atomic E-state index is 0.0292. The predicted octanol–water partition coefficient (Wildman–Crippen LogP) is 4.75. The van der Waals surface area contributed by atoms with Gasteiger partial charge in [-0.25, -0.2) is 0 Å². The molecule has 0 saturated heterocycles. The zero-order valence-electron chi connectivity index (χ0n) is 19.8. The Balaban J connectivity index is 1.74. The lowest BCUT2D eigenvalue weighted by atomic mass is 9.94. The third kappa shape index (κ3) is 4.70. The number of ether oxygens (including phenoxy) is 1. The summed E-state index contributed by atoms with van der Waals surface area (Å²) in [7, 11) is 3.92. The van der Waals surface area contributed by atoms with Gasteiger partial charge in [0.2, 0.25) is 5.78 Å². The average molecular weight is 463 g/mol. The Labute approximate surface area is 199 Å². The van der Waals surface area contributed by atoms with Crippen molar-refractivity contribution < 1.29 is 23.8 Å². The molecule has 1 aromatic heterocycles. The smallest absolute Gasteiger partial charge is 0.290 e. The van der Waals surface area contributed by atoms with E-state index >= 15 is 0 Å². The number of hydrogen-bond acceptors (Lipinski definition) is 6. The van der Waals surface area contributed by atoms with Gasteiger partial charge >= 0.3 is 0 Å². The molecular weight excluding hydrogens is 432 g/mol. The molecule has 3 aromatic rings. The van der Waals surface area contributed by atoms with Gasteiger partial charge in [-0.15, -0.1) is 0 Å². The summed E-state index contributed by atoms with van der Waals surface area (Å²) in [5, 5.41) is 11.7. The molecule has 4 rings (SSSR count). The van der Waals surface area contributed by atoms with E-state index in [1.165, 1.54) is 0 Å². The number of carbonyl (C=O) groups excluding carboxylic acids is 2. The lowest BCUT2D eigenvalue weighted by Crippen LogP contribution is -2.33. The lowest BCUT2D eigenvalue weighted by Gasteiger charge is -2.27. The van der Waals surface area contributed by atoms with Crippen molar-refractivity contribution in [2.45, 2.75) is 25.8 Å². The van der Waals surface area contributed by atoms with Gasteiger partial charge in [0.15, 0.2) is 11.5 Å². The number of fused-ring (bicyclic) bond motifs is 1. The molecule has 1 atom stereocenters. The number of aliphatic hydroxyl groups is 1. The summed E-state index contributed by atoms with van der Waals surface area (Å²) in [5.41, 5.74) is 1.31. The van der Waals surface area contributed by atoms with Gasteiger partial charge in [-0.05, 0) is 63.3 Å². The van der Waals surface area contributed by atoms with Crippen molar-refractivity contribution in [1.29, 1.82) is 0 Å². The molecule has 1 amide bonds. The molecular formula is C27H30N2O5. The monoisotopic (exact) mass is 462 g/mol. The fourth-order valence-electron chi connectivity index (χ4n) is 4.24. The zero-order valence-corrected chi connectivity index (χ0v) is 19.8. The molecule has 0 radical (unpaired) electrons. The van der Waals surface area contributed by atoms with Crippen molar-refractivity contribution >= 4 is 22.7 Å². The number of para-hydroxylation sites is 1. The first-order chi connectivity index (χ1) is 16.4. The second-order valence-corrected chi connectivity index (χ2v) is 8.72. The molecule has 2 heterocycles. The second-order valence-electron chi connectivity index (χ2n) is 8.72. The summed E-state index contributed by atoms with van der Waals surface area (Å²) in [6.45, 7) is 3.74. The van der Waals surface area contributed by atoms with Gasteiger partial charge in [0.05, 0.1) is 18.2 Å². The van der Waals surface area contributed by atoms with E-state index in [1.807, 2.05) is 68.4 Å². The first-order valence-corrected chi connectivity index (χ1v) is 11.6. The Kier molecular flexibility index (Phi) is 7.03. The van der Waals surface area contributed by atoms with E-state index in [1.54, 1.807) is 17.0 Å². The maximum absolute atomic E-state index is 13.6. The van der Waals surface area contributed by atoms with Gasteiger partial charge < -0.3 is 24.1 Å². The van der Waals surface area contributed by atoms with Crippen LogP contribution in [0.5, 0.6) is 5.75 Å². The molecule has 178 valence electrons. The Bertz CT molecular complexity index is 1190. The van der Waals surface area contributed by atoms with E-state index in [0.29, 0.717) is 36.5 Å². The van der Waals surface area contributed by atoms with Crippen molar-refractivity contribution in [3.8, 4) is 5.75 Å². The third-order valence-electron chi connectivity index (χ3n) is 5.85. The molecule has 2 aromatic carbocycles. The largest absolute Gasteiger partial charge is 0.503 e. The Morgan fingerprint density at radius 1 is 1.15 bits per heavy atom. The van der Waals surface area contributed by atoms with E-state index in [0.717, 1.165) is 18.4 Å². The van der Waals surface area contributed by atoms with Gasteiger partial charge in [0.1, 0.15) is 11.3 Å².